The fourth-order valence-electron chi connectivity index (χ4n) is 1.85. The standard InChI is InChI=1S/C17H19N2O3/c1-17(2,3)22-16(21)14-11-19(10-9-18-14)12-15(20)13-7-5-4-6-8-13/h4-11H,12H2,1-3H3/q+1. The number of ketones is 1. The molecule has 0 aliphatic heterocycles. The molecule has 1 aromatic heterocycles. The minimum absolute atomic E-state index is 0.0352. The minimum atomic E-state index is -0.584. The summed E-state index contributed by atoms with van der Waals surface area (Å²) in [6.45, 7) is 5.52. The van der Waals surface area contributed by atoms with Crippen molar-refractivity contribution in [2.75, 3.05) is 0 Å². The first-order valence-electron chi connectivity index (χ1n) is 7.02. The Bertz CT molecular complexity index is 676. The summed E-state index contributed by atoms with van der Waals surface area (Å²) in [4.78, 5) is 28.1. The molecular formula is C17H19N2O3+. The molecule has 2 rings (SSSR count). The molecule has 22 heavy (non-hydrogen) atoms. The molecule has 1 heterocycles. The Kier molecular flexibility index (Phi) is 4.65. The second kappa shape index (κ2) is 6.47. The SMILES string of the molecule is CC(C)(C)OC(=O)c1c[n+](CC(=O)c2ccccc2)ccn1. The maximum atomic E-state index is 12.2. The summed E-state index contributed by atoms with van der Waals surface area (Å²) in [5, 5.41) is 0. The number of nitrogens with zero attached hydrogens (tertiary/aromatic N) is 2. The third-order valence-corrected chi connectivity index (χ3v) is 2.79. The van der Waals surface area contributed by atoms with Gasteiger partial charge in [-0.15, -0.1) is 0 Å². The van der Waals surface area contributed by atoms with Crippen LogP contribution in [0.15, 0.2) is 48.9 Å². The van der Waals surface area contributed by atoms with Gasteiger partial charge in [0.15, 0.2) is 6.20 Å². The maximum absolute atomic E-state index is 12.2. The summed E-state index contributed by atoms with van der Waals surface area (Å²) in [7, 11) is 0. The molecule has 0 fully saturated rings. The van der Waals surface area contributed by atoms with Gasteiger partial charge in [0, 0.05) is 5.56 Å². The zero-order valence-electron chi connectivity index (χ0n) is 12.9. The van der Waals surface area contributed by atoms with Crippen LogP contribution in [0.25, 0.3) is 0 Å². The highest BCUT2D eigenvalue weighted by molar-refractivity contribution is 5.95. The lowest BCUT2D eigenvalue weighted by molar-refractivity contribution is -0.683. The summed E-state index contributed by atoms with van der Waals surface area (Å²) in [5.74, 6) is -0.541. The first kappa shape index (κ1) is 15.8. The number of carbonyl (C=O) groups is 2. The largest absolute Gasteiger partial charge is 0.455 e. The lowest BCUT2D eigenvalue weighted by atomic mass is 10.1. The molecule has 0 saturated heterocycles. The van der Waals surface area contributed by atoms with E-state index in [9.17, 15) is 9.59 Å². The van der Waals surface area contributed by atoms with Crippen LogP contribution in [0.1, 0.15) is 41.6 Å². The second-order valence-electron chi connectivity index (χ2n) is 5.91. The average molecular weight is 299 g/mol. The first-order chi connectivity index (χ1) is 10.3. The van der Waals surface area contributed by atoms with Gasteiger partial charge in [-0.2, -0.15) is 4.57 Å². The second-order valence-corrected chi connectivity index (χ2v) is 5.91. The normalized spacial score (nSPS) is 11.0. The van der Waals surface area contributed by atoms with Gasteiger partial charge >= 0.3 is 5.97 Å². The fraction of sp³-hybridized carbons (Fsp3) is 0.294. The van der Waals surface area contributed by atoms with E-state index in [0.717, 1.165) is 0 Å². The molecule has 2 aromatic rings. The van der Waals surface area contributed by atoms with E-state index in [1.54, 1.807) is 43.7 Å². The Morgan fingerprint density at radius 2 is 1.86 bits per heavy atom. The van der Waals surface area contributed by atoms with Gasteiger partial charge in [0.2, 0.25) is 24.2 Å². The number of hydrogen-bond donors (Lipinski definition) is 0. The van der Waals surface area contributed by atoms with Gasteiger partial charge in [0.05, 0.1) is 6.20 Å². The Balaban J connectivity index is 2.12. The highest BCUT2D eigenvalue weighted by atomic mass is 16.6. The Labute approximate surface area is 129 Å². The molecule has 114 valence electrons. The summed E-state index contributed by atoms with van der Waals surface area (Å²) < 4.78 is 6.90. The van der Waals surface area contributed by atoms with Crippen molar-refractivity contribution < 1.29 is 18.9 Å². The van der Waals surface area contributed by atoms with Crippen molar-refractivity contribution in [2.45, 2.75) is 32.9 Å². The van der Waals surface area contributed by atoms with E-state index in [2.05, 4.69) is 4.98 Å². The number of esters is 1. The molecule has 0 aliphatic carbocycles. The molecule has 0 atom stereocenters. The van der Waals surface area contributed by atoms with Crippen molar-refractivity contribution in [3.8, 4) is 0 Å². The molecule has 0 N–H and O–H groups in total. The highest BCUT2D eigenvalue weighted by Crippen LogP contribution is 2.09. The van der Waals surface area contributed by atoms with Crippen LogP contribution in [0.3, 0.4) is 0 Å². The third-order valence-electron chi connectivity index (χ3n) is 2.79. The van der Waals surface area contributed by atoms with Gasteiger partial charge in [-0.25, -0.2) is 9.78 Å². The molecule has 0 bridgehead atoms. The number of ether oxygens (including phenoxy) is 1. The van der Waals surface area contributed by atoms with Crippen molar-refractivity contribution in [2.24, 2.45) is 0 Å². The molecule has 5 nitrogen and oxygen atoms in total. The quantitative estimate of drug-likeness (QED) is 0.493. The predicted molar refractivity (Wildman–Crippen MR) is 80.4 cm³/mol. The number of aromatic nitrogens is 2. The summed E-state index contributed by atoms with van der Waals surface area (Å²) in [5.41, 5.74) is 0.225. The van der Waals surface area contributed by atoms with E-state index < -0.39 is 11.6 Å². The van der Waals surface area contributed by atoms with Crippen LogP contribution >= 0.6 is 0 Å². The van der Waals surface area contributed by atoms with Gasteiger partial charge in [-0.1, -0.05) is 30.3 Å². The molecule has 1 aromatic carbocycles. The third kappa shape index (κ3) is 4.48. The van der Waals surface area contributed by atoms with Gasteiger partial charge < -0.3 is 4.74 Å². The summed E-state index contributed by atoms with van der Waals surface area (Å²) >= 11 is 0. The molecule has 0 unspecified atom stereocenters. The maximum Gasteiger partial charge on any atom is 0.363 e. The molecule has 5 heteroatoms. The molecule has 0 saturated carbocycles. The topological polar surface area (TPSA) is 60.1 Å². The lowest BCUT2D eigenvalue weighted by Gasteiger charge is -2.18. The molecule has 0 aliphatic rings. The average Bonchev–Trinajstić information content (AvgIpc) is 2.46. The van der Waals surface area contributed by atoms with E-state index in [-0.39, 0.29) is 18.0 Å². The van der Waals surface area contributed by atoms with E-state index in [4.69, 9.17) is 4.74 Å². The Morgan fingerprint density at radius 1 is 1.18 bits per heavy atom. The van der Waals surface area contributed by atoms with Crippen LogP contribution in [0.5, 0.6) is 0 Å². The molecular weight excluding hydrogens is 280 g/mol. The number of carbonyl (C=O) groups excluding carboxylic acids is 2. The zero-order chi connectivity index (χ0) is 16.2. The van der Waals surface area contributed by atoms with Gasteiger partial charge in [-0.3, -0.25) is 4.79 Å². The van der Waals surface area contributed by atoms with Crippen molar-refractivity contribution in [3.05, 3.63) is 60.2 Å². The molecule has 0 spiro atoms. The number of Topliss-reactive ketones (excluding diaryl/α,β-unsaturated/α-hetero) is 1. The van der Waals surface area contributed by atoms with Crippen LogP contribution in [-0.2, 0) is 11.3 Å². The minimum Gasteiger partial charge on any atom is -0.455 e. The van der Waals surface area contributed by atoms with Crippen LogP contribution in [0.2, 0.25) is 0 Å². The number of hydrogen-bond acceptors (Lipinski definition) is 4. The van der Waals surface area contributed by atoms with Gasteiger partial charge in [0.1, 0.15) is 5.60 Å². The smallest absolute Gasteiger partial charge is 0.363 e. The first-order valence-corrected chi connectivity index (χ1v) is 7.02. The van der Waals surface area contributed by atoms with Crippen LogP contribution in [0.4, 0.5) is 0 Å². The van der Waals surface area contributed by atoms with E-state index in [0.29, 0.717) is 5.56 Å². The lowest BCUT2D eigenvalue weighted by Crippen LogP contribution is -2.39. The van der Waals surface area contributed by atoms with E-state index in [1.807, 2.05) is 18.2 Å². The van der Waals surface area contributed by atoms with E-state index >= 15 is 0 Å². The van der Waals surface area contributed by atoms with Crippen molar-refractivity contribution in [1.82, 2.24) is 4.98 Å². The van der Waals surface area contributed by atoms with Crippen molar-refractivity contribution in [1.29, 1.82) is 0 Å². The molecule has 0 radical (unpaired) electrons. The van der Waals surface area contributed by atoms with E-state index in [1.165, 1.54) is 12.4 Å². The van der Waals surface area contributed by atoms with Crippen LogP contribution in [-0.4, -0.2) is 22.3 Å². The fourth-order valence-corrected chi connectivity index (χ4v) is 1.85. The summed E-state index contributed by atoms with van der Waals surface area (Å²) in [6.07, 6.45) is 4.65. The number of rotatable bonds is 4. The zero-order valence-corrected chi connectivity index (χ0v) is 12.9. The van der Waals surface area contributed by atoms with Gasteiger partial charge in [0.25, 0.3) is 0 Å². The monoisotopic (exact) mass is 299 g/mol. The summed E-state index contributed by atoms with van der Waals surface area (Å²) in [6, 6.07) is 9.02. The van der Waals surface area contributed by atoms with Crippen molar-refractivity contribution >= 4 is 11.8 Å². The van der Waals surface area contributed by atoms with Crippen molar-refractivity contribution in [3.63, 3.8) is 0 Å². The highest BCUT2D eigenvalue weighted by Gasteiger charge is 2.22. The van der Waals surface area contributed by atoms with Crippen LogP contribution in [0, 0.1) is 0 Å². The van der Waals surface area contributed by atoms with Crippen LogP contribution < -0.4 is 4.57 Å². The number of benzene rings is 1. The Hall–Kier alpha value is -2.56. The van der Waals surface area contributed by atoms with Gasteiger partial charge in [-0.05, 0) is 20.8 Å². The Morgan fingerprint density at radius 3 is 2.50 bits per heavy atom. The predicted octanol–water partition coefficient (Wildman–Crippen LogP) is 2.21. The molecule has 0 amide bonds.